The molecule has 1 fully saturated rings. The molecule has 1 saturated carbocycles. The summed E-state index contributed by atoms with van der Waals surface area (Å²) in [7, 11) is 0. The second-order valence-electron chi connectivity index (χ2n) is 4.45. The summed E-state index contributed by atoms with van der Waals surface area (Å²) in [6.45, 7) is 2.51. The van der Waals surface area contributed by atoms with E-state index in [1.54, 1.807) is 6.07 Å². The number of hydrogen-bond acceptors (Lipinski definition) is 5. The van der Waals surface area contributed by atoms with Crippen LogP contribution in [0.1, 0.15) is 31.4 Å². The third-order valence-corrected chi connectivity index (χ3v) is 3.04. The van der Waals surface area contributed by atoms with Gasteiger partial charge in [0.1, 0.15) is 5.76 Å². The molecule has 0 radical (unpaired) electrons. The summed E-state index contributed by atoms with van der Waals surface area (Å²) in [6.07, 6.45) is 2.25. The first-order valence-corrected chi connectivity index (χ1v) is 5.35. The molecule has 1 aliphatic rings. The van der Waals surface area contributed by atoms with Crippen molar-refractivity contribution in [2.24, 2.45) is 5.73 Å². The van der Waals surface area contributed by atoms with Gasteiger partial charge in [0.25, 0.3) is 5.89 Å². The lowest BCUT2D eigenvalue weighted by molar-refractivity contribution is 0.400. The fourth-order valence-electron chi connectivity index (χ4n) is 1.58. The Kier molecular flexibility index (Phi) is 1.91. The molecule has 3 rings (SSSR count). The van der Waals surface area contributed by atoms with Crippen LogP contribution in [0.3, 0.4) is 0 Å². The fourth-order valence-corrected chi connectivity index (χ4v) is 1.58. The van der Waals surface area contributed by atoms with E-state index in [9.17, 15) is 0 Å². The van der Waals surface area contributed by atoms with Gasteiger partial charge in [-0.05, 0) is 25.0 Å². The summed E-state index contributed by atoms with van der Waals surface area (Å²) < 4.78 is 10.6. The average molecular weight is 219 g/mol. The third-order valence-electron chi connectivity index (χ3n) is 3.04. The van der Waals surface area contributed by atoms with E-state index in [0.29, 0.717) is 24.0 Å². The van der Waals surface area contributed by atoms with E-state index in [4.69, 9.17) is 14.7 Å². The minimum absolute atomic E-state index is 0.116. The Labute approximate surface area is 92.6 Å². The SMILES string of the molecule is CC1(c2noc(-c3ccc(CN)o3)n2)CC1. The molecule has 0 saturated heterocycles. The topological polar surface area (TPSA) is 78.1 Å². The fraction of sp³-hybridized carbons (Fsp3) is 0.455. The summed E-state index contributed by atoms with van der Waals surface area (Å²) in [6, 6.07) is 3.62. The molecule has 16 heavy (non-hydrogen) atoms. The first kappa shape index (κ1) is 9.59. The highest BCUT2D eigenvalue weighted by Crippen LogP contribution is 2.46. The van der Waals surface area contributed by atoms with Crippen LogP contribution in [0, 0.1) is 0 Å². The largest absolute Gasteiger partial charge is 0.455 e. The van der Waals surface area contributed by atoms with Gasteiger partial charge in [0.15, 0.2) is 11.6 Å². The second kappa shape index (κ2) is 3.18. The molecule has 5 heteroatoms. The minimum Gasteiger partial charge on any atom is -0.455 e. The van der Waals surface area contributed by atoms with Gasteiger partial charge in [-0.1, -0.05) is 12.1 Å². The summed E-state index contributed by atoms with van der Waals surface area (Å²) in [5.41, 5.74) is 5.58. The molecule has 2 aromatic rings. The minimum atomic E-state index is 0.116. The average Bonchev–Trinajstić information content (AvgIpc) is 2.80. The van der Waals surface area contributed by atoms with Gasteiger partial charge in [0.2, 0.25) is 0 Å². The van der Waals surface area contributed by atoms with Gasteiger partial charge in [-0.15, -0.1) is 0 Å². The van der Waals surface area contributed by atoms with Gasteiger partial charge >= 0.3 is 0 Å². The van der Waals surface area contributed by atoms with E-state index >= 15 is 0 Å². The zero-order valence-corrected chi connectivity index (χ0v) is 9.06. The van der Waals surface area contributed by atoms with Crippen molar-refractivity contribution in [1.29, 1.82) is 0 Å². The third kappa shape index (κ3) is 1.44. The summed E-state index contributed by atoms with van der Waals surface area (Å²) in [5.74, 6) is 2.51. The Hall–Kier alpha value is -1.62. The van der Waals surface area contributed by atoms with Gasteiger partial charge in [-0.3, -0.25) is 0 Å². The molecule has 0 spiro atoms. The second-order valence-corrected chi connectivity index (χ2v) is 4.45. The first-order valence-electron chi connectivity index (χ1n) is 5.35. The van der Waals surface area contributed by atoms with Gasteiger partial charge in [0, 0.05) is 5.41 Å². The Morgan fingerprint density at radius 3 is 2.88 bits per heavy atom. The van der Waals surface area contributed by atoms with Crippen LogP contribution in [0.4, 0.5) is 0 Å². The molecule has 0 amide bonds. The van der Waals surface area contributed by atoms with Gasteiger partial charge < -0.3 is 14.7 Å². The van der Waals surface area contributed by atoms with Gasteiger partial charge in [0.05, 0.1) is 6.54 Å². The molecule has 2 heterocycles. The Balaban J connectivity index is 1.92. The van der Waals surface area contributed by atoms with Crippen LogP contribution in [-0.2, 0) is 12.0 Å². The first-order chi connectivity index (χ1) is 7.71. The predicted molar refractivity (Wildman–Crippen MR) is 56.5 cm³/mol. The van der Waals surface area contributed by atoms with Crippen LogP contribution in [0.5, 0.6) is 0 Å². The summed E-state index contributed by atoms with van der Waals surface area (Å²) >= 11 is 0. The van der Waals surface area contributed by atoms with Crippen molar-refractivity contribution >= 4 is 0 Å². The molecular weight excluding hydrogens is 206 g/mol. The maximum Gasteiger partial charge on any atom is 0.293 e. The maximum absolute atomic E-state index is 5.47. The van der Waals surface area contributed by atoms with Crippen molar-refractivity contribution in [2.45, 2.75) is 31.7 Å². The Morgan fingerprint density at radius 2 is 2.25 bits per heavy atom. The molecular formula is C11H13N3O2. The van der Waals surface area contributed by atoms with Crippen molar-refractivity contribution in [3.05, 3.63) is 23.7 Å². The standard InChI is InChI=1S/C11H13N3O2/c1-11(4-5-11)10-13-9(16-14-10)8-3-2-7(6-12)15-8/h2-3H,4-6,12H2,1H3. The van der Waals surface area contributed by atoms with E-state index in [2.05, 4.69) is 17.1 Å². The lowest BCUT2D eigenvalue weighted by Crippen LogP contribution is -2.01. The molecule has 2 N–H and O–H groups in total. The summed E-state index contributed by atoms with van der Waals surface area (Å²) in [4.78, 5) is 4.35. The zero-order chi connectivity index (χ0) is 11.2. The van der Waals surface area contributed by atoms with Crippen molar-refractivity contribution in [3.8, 4) is 11.7 Å². The molecule has 0 unspecified atom stereocenters. The molecule has 0 aliphatic heterocycles. The number of nitrogens with two attached hydrogens (primary N) is 1. The molecule has 2 aromatic heterocycles. The molecule has 0 bridgehead atoms. The van der Waals surface area contributed by atoms with Crippen LogP contribution < -0.4 is 5.73 Å². The van der Waals surface area contributed by atoms with Crippen molar-refractivity contribution in [2.75, 3.05) is 0 Å². The van der Waals surface area contributed by atoms with Crippen molar-refractivity contribution < 1.29 is 8.94 Å². The van der Waals surface area contributed by atoms with E-state index < -0.39 is 0 Å². The van der Waals surface area contributed by atoms with Crippen LogP contribution in [0.2, 0.25) is 0 Å². The number of rotatable bonds is 3. The van der Waals surface area contributed by atoms with E-state index in [1.165, 1.54) is 0 Å². The number of nitrogens with zero attached hydrogens (tertiary/aromatic N) is 2. The maximum atomic E-state index is 5.47. The van der Waals surface area contributed by atoms with Crippen LogP contribution in [-0.4, -0.2) is 10.1 Å². The number of hydrogen-bond donors (Lipinski definition) is 1. The van der Waals surface area contributed by atoms with Gasteiger partial charge in [-0.25, -0.2) is 0 Å². The number of furan rings is 1. The van der Waals surface area contributed by atoms with Gasteiger partial charge in [-0.2, -0.15) is 4.98 Å². The highest BCUT2D eigenvalue weighted by molar-refractivity contribution is 5.44. The Bertz CT molecular complexity index is 511. The number of aromatic nitrogens is 2. The molecule has 0 atom stereocenters. The quantitative estimate of drug-likeness (QED) is 0.852. The van der Waals surface area contributed by atoms with E-state index in [0.717, 1.165) is 18.7 Å². The van der Waals surface area contributed by atoms with Crippen molar-refractivity contribution in [1.82, 2.24) is 10.1 Å². The molecule has 5 nitrogen and oxygen atoms in total. The zero-order valence-electron chi connectivity index (χ0n) is 9.06. The Morgan fingerprint density at radius 1 is 1.44 bits per heavy atom. The smallest absolute Gasteiger partial charge is 0.293 e. The normalized spacial score (nSPS) is 17.6. The van der Waals surface area contributed by atoms with E-state index in [1.807, 2.05) is 6.07 Å². The van der Waals surface area contributed by atoms with Crippen LogP contribution >= 0.6 is 0 Å². The predicted octanol–water partition coefficient (Wildman–Crippen LogP) is 1.84. The lowest BCUT2D eigenvalue weighted by atomic mass is 10.1. The van der Waals surface area contributed by atoms with E-state index in [-0.39, 0.29) is 5.41 Å². The lowest BCUT2D eigenvalue weighted by Gasteiger charge is -1.96. The highest BCUT2D eigenvalue weighted by Gasteiger charge is 2.43. The highest BCUT2D eigenvalue weighted by atomic mass is 16.5. The monoisotopic (exact) mass is 219 g/mol. The summed E-state index contributed by atoms with van der Waals surface area (Å²) in [5, 5.41) is 3.98. The van der Waals surface area contributed by atoms with Crippen molar-refractivity contribution in [3.63, 3.8) is 0 Å². The molecule has 0 aromatic carbocycles. The van der Waals surface area contributed by atoms with Crippen LogP contribution in [0.25, 0.3) is 11.7 Å². The molecule has 1 aliphatic carbocycles. The molecule has 84 valence electrons. The van der Waals surface area contributed by atoms with Crippen LogP contribution in [0.15, 0.2) is 21.1 Å².